The van der Waals surface area contributed by atoms with Gasteiger partial charge in [0.15, 0.2) is 0 Å². The molecular formula is C8H13Cl3N2. The molecule has 13 heavy (non-hydrogen) atoms. The summed E-state index contributed by atoms with van der Waals surface area (Å²) in [5, 5.41) is 3.76. The first-order valence-corrected chi connectivity index (χ1v) is 3.82. The van der Waals surface area contributed by atoms with Crippen LogP contribution in [0.4, 0.5) is 5.69 Å². The molecule has 0 radical (unpaired) electrons. The van der Waals surface area contributed by atoms with Gasteiger partial charge in [-0.3, -0.25) is 0 Å². The summed E-state index contributed by atoms with van der Waals surface area (Å²) in [5.74, 6) is 0. The molecule has 3 N–H and O–H groups in total. The molecule has 1 rings (SSSR count). The fourth-order valence-electron chi connectivity index (χ4n) is 0.975. The first-order valence-electron chi connectivity index (χ1n) is 3.44. The van der Waals surface area contributed by atoms with Crippen molar-refractivity contribution >= 4 is 42.1 Å². The predicted molar refractivity (Wildman–Crippen MR) is 63.4 cm³/mol. The van der Waals surface area contributed by atoms with Gasteiger partial charge in [-0.1, -0.05) is 11.6 Å². The van der Waals surface area contributed by atoms with Gasteiger partial charge in [0.2, 0.25) is 0 Å². The van der Waals surface area contributed by atoms with E-state index in [1.807, 2.05) is 25.2 Å². The van der Waals surface area contributed by atoms with Crippen LogP contribution in [-0.2, 0) is 6.54 Å². The van der Waals surface area contributed by atoms with E-state index in [2.05, 4.69) is 5.32 Å². The Kier molecular flexibility index (Phi) is 8.57. The Bertz CT molecular complexity index is 253. The first kappa shape index (κ1) is 15.3. The summed E-state index contributed by atoms with van der Waals surface area (Å²) in [4.78, 5) is 0. The zero-order chi connectivity index (χ0) is 8.27. The monoisotopic (exact) mass is 242 g/mol. The third-order valence-electron chi connectivity index (χ3n) is 1.56. The predicted octanol–water partition coefficient (Wildman–Crippen LogP) is 2.68. The second-order valence-corrected chi connectivity index (χ2v) is 2.69. The maximum atomic E-state index is 5.77. The summed E-state index contributed by atoms with van der Waals surface area (Å²) in [6, 6.07) is 5.63. The third kappa shape index (κ3) is 4.05. The molecule has 0 spiro atoms. The smallest absolute Gasteiger partial charge is 0.0410 e. The Balaban J connectivity index is 0. The summed E-state index contributed by atoms with van der Waals surface area (Å²) in [6.07, 6.45) is 0. The Morgan fingerprint density at radius 3 is 2.46 bits per heavy atom. The molecule has 0 saturated carbocycles. The molecule has 0 heterocycles. The van der Waals surface area contributed by atoms with E-state index >= 15 is 0 Å². The van der Waals surface area contributed by atoms with Crippen LogP contribution in [0.3, 0.4) is 0 Å². The molecule has 0 fully saturated rings. The Morgan fingerprint density at radius 2 is 2.00 bits per heavy atom. The van der Waals surface area contributed by atoms with Gasteiger partial charge in [0.05, 0.1) is 0 Å². The van der Waals surface area contributed by atoms with Crippen LogP contribution in [0.2, 0.25) is 5.02 Å². The highest BCUT2D eigenvalue weighted by atomic mass is 35.5. The standard InChI is InChI=1S/C8H11ClN2.2ClH/c1-11-8-3-2-7(9)4-6(8)5-10;;/h2-4,11H,5,10H2,1H3;2*1H. The van der Waals surface area contributed by atoms with E-state index in [-0.39, 0.29) is 24.8 Å². The van der Waals surface area contributed by atoms with Gasteiger partial charge in [-0.25, -0.2) is 0 Å². The van der Waals surface area contributed by atoms with Crippen molar-refractivity contribution in [2.75, 3.05) is 12.4 Å². The van der Waals surface area contributed by atoms with Gasteiger partial charge in [-0.2, -0.15) is 0 Å². The van der Waals surface area contributed by atoms with Gasteiger partial charge in [-0.15, -0.1) is 24.8 Å². The van der Waals surface area contributed by atoms with Crippen LogP contribution < -0.4 is 11.1 Å². The number of hydrogen-bond acceptors (Lipinski definition) is 2. The molecule has 0 atom stereocenters. The molecule has 76 valence electrons. The van der Waals surface area contributed by atoms with Crippen molar-refractivity contribution in [2.45, 2.75) is 6.54 Å². The summed E-state index contributed by atoms with van der Waals surface area (Å²) >= 11 is 5.77. The van der Waals surface area contributed by atoms with Gasteiger partial charge in [0, 0.05) is 24.3 Å². The first-order chi connectivity index (χ1) is 5.27. The van der Waals surface area contributed by atoms with Crippen molar-refractivity contribution in [1.29, 1.82) is 0 Å². The van der Waals surface area contributed by atoms with E-state index in [0.717, 1.165) is 16.3 Å². The molecule has 0 aliphatic heterocycles. The van der Waals surface area contributed by atoms with E-state index in [9.17, 15) is 0 Å². The van der Waals surface area contributed by atoms with Crippen LogP contribution in [0.5, 0.6) is 0 Å². The zero-order valence-corrected chi connectivity index (χ0v) is 9.60. The maximum absolute atomic E-state index is 5.77. The average molecular weight is 244 g/mol. The number of rotatable bonds is 2. The highest BCUT2D eigenvalue weighted by Gasteiger charge is 1.98. The lowest BCUT2D eigenvalue weighted by Gasteiger charge is -2.06. The van der Waals surface area contributed by atoms with E-state index in [1.54, 1.807) is 0 Å². The van der Waals surface area contributed by atoms with E-state index in [1.165, 1.54) is 0 Å². The average Bonchev–Trinajstić information content (AvgIpc) is 2.04. The van der Waals surface area contributed by atoms with Gasteiger partial charge in [0.1, 0.15) is 0 Å². The summed E-state index contributed by atoms with van der Waals surface area (Å²) in [6.45, 7) is 0.511. The molecule has 0 unspecified atom stereocenters. The van der Waals surface area contributed by atoms with Crippen LogP contribution >= 0.6 is 36.4 Å². The van der Waals surface area contributed by atoms with Gasteiger partial charge >= 0.3 is 0 Å². The highest BCUT2D eigenvalue weighted by Crippen LogP contribution is 2.19. The van der Waals surface area contributed by atoms with Crippen molar-refractivity contribution in [3.63, 3.8) is 0 Å². The number of nitrogens with two attached hydrogens (primary N) is 1. The van der Waals surface area contributed by atoms with Gasteiger partial charge in [0.25, 0.3) is 0 Å². The van der Waals surface area contributed by atoms with Crippen LogP contribution in [0.1, 0.15) is 5.56 Å². The van der Waals surface area contributed by atoms with Crippen molar-refractivity contribution in [3.8, 4) is 0 Å². The quantitative estimate of drug-likeness (QED) is 0.838. The molecule has 0 aromatic heterocycles. The maximum Gasteiger partial charge on any atom is 0.0410 e. The SMILES string of the molecule is CNc1ccc(Cl)cc1CN.Cl.Cl. The van der Waals surface area contributed by atoms with E-state index < -0.39 is 0 Å². The molecule has 2 nitrogen and oxygen atoms in total. The largest absolute Gasteiger partial charge is 0.388 e. The second kappa shape index (κ2) is 7.27. The van der Waals surface area contributed by atoms with E-state index in [0.29, 0.717) is 6.54 Å². The second-order valence-electron chi connectivity index (χ2n) is 2.26. The molecule has 0 amide bonds. The Hall–Kier alpha value is -0.150. The van der Waals surface area contributed by atoms with Crippen LogP contribution in [0, 0.1) is 0 Å². The lowest BCUT2D eigenvalue weighted by atomic mass is 10.2. The van der Waals surface area contributed by atoms with Gasteiger partial charge < -0.3 is 11.1 Å². The molecule has 0 aliphatic carbocycles. The number of hydrogen-bond donors (Lipinski definition) is 2. The summed E-state index contributed by atoms with van der Waals surface area (Å²) < 4.78 is 0. The van der Waals surface area contributed by atoms with Crippen molar-refractivity contribution in [3.05, 3.63) is 28.8 Å². The van der Waals surface area contributed by atoms with Crippen LogP contribution in [0.15, 0.2) is 18.2 Å². The van der Waals surface area contributed by atoms with Crippen molar-refractivity contribution < 1.29 is 0 Å². The minimum absolute atomic E-state index is 0. The Morgan fingerprint density at radius 1 is 1.38 bits per heavy atom. The fraction of sp³-hybridized carbons (Fsp3) is 0.250. The Labute approximate surface area is 95.7 Å². The molecule has 0 bridgehead atoms. The summed E-state index contributed by atoms with van der Waals surface area (Å²) in [5.41, 5.74) is 7.58. The number of anilines is 1. The number of benzene rings is 1. The molecule has 0 saturated heterocycles. The van der Waals surface area contributed by atoms with Gasteiger partial charge in [-0.05, 0) is 23.8 Å². The summed E-state index contributed by atoms with van der Waals surface area (Å²) in [7, 11) is 1.86. The lowest BCUT2D eigenvalue weighted by molar-refractivity contribution is 1.07. The lowest BCUT2D eigenvalue weighted by Crippen LogP contribution is -2.01. The minimum Gasteiger partial charge on any atom is -0.388 e. The molecule has 1 aromatic carbocycles. The molecule has 0 aliphatic rings. The molecule has 5 heteroatoms. The normalized spacial score (nSPS) is 8.23. The third-order valence-corrected chi connectivity index (χ3v) is 1.79. The number of nitrogens with one attached hydrogen (secondary N) is 1. The highest BCUT2D eigenvalue weighted by molar-refractivity contribution is 6.30. The fourth-order valence-corrected chi connectivity index (χ4v) is 1.17. The van der Waals surface area contributed by atoms with Crippen LogP contribution in [-0.4, -0.2) is 7.05 Å². The number of halogens is 3. The van der Waals surface area contributed by atoms with Crippen molar-refractivity contribution in [2.24, 2.45) is 5.73 Å². The zero-order valence-electron chi connectivity index (χ0n) is 7.21. The molecule has 1 aromatic rings. The van der Waals surface area contributed by atoms with Crippen LogP contribution in [0.25, 0.3) is 0 Å². The molecular weight excluding hydrogens is 230 g/mol. The van der Waals surface area contributed by atoms with E-state index in [4.69, 9.17) is 17.3 Å². The van der Waals surface area contributed by atoms with Crippen molar-refractivity contribution in [1.82, 2.24) is 0 Å². The minimum atomic E-state index is 0. The topological polar surface area (TPSA) is 38.0 Å².